The van der Waals surface area contributed by atoms with Crippen molar-refractivity contribution in [2.45, 2.75) is 57.1 Å². The average Bonchev–Trinajstić information content (AvgIpc) is 2.64. The molecule has 0 spiro atoms. The second-order valence-electron chi connectivity index (χ2n) is 7.71. The minimum atomic E-state index is -1.46. The zero-order valence-corrected chi connectivity index (χ0v) is 15.1. The van der Waals surface area contributed by atoms with Gasteiger partial charge < -0.3 is 15.3 Å². The molecule has 26 heavy (non-hydrogen) atoms. The van der Waals surface area contributed by atoms with Crippen molar-refractivity contribution in [3.8, 4) is 0 Å². The molecular formula is C20H28F2N2O2. The van der Waals surface area contributed by atoms with E-state index in [1.807, 2.05) is 0 Å². The Hall–Kier alpha value is -1.53. The maximum atomic E-state index is 13.9. The maximum Gasteiger partial charge on any atom is 0.256 e. The number of aliphatic hydroxyl groups is 1. The van der Waals surface area contributed by atoms with Crippen LogP contribution < -0.4 is 5.32 Å². The standard InChI is InChI=1S/C20H28F2N2O2/c21-17-9-4-8-16(18(17)22)13-24-11-5-10-20(26,19(24)25)14-23-12-15-6-2-1-3-7-15/h4,8-9,15,23,26H,1-3,5-7,10-14H2/t20-/m0/s1. The molecule has 0 bridgehead atoms. The van der Waals surface area contributed by atoms with E-state index < -0.39 is 23.1 Å². The molecule has 1 heterocycles. The van der Waals surface area contributed by atoms with Gasteiger partial charge in [-0.1, -0.05) is 31.4 Å². The van der Waals surface area contributed by atoms with Crippen LogP contribution in [0.4, 0.5) is 8.78 Å². The summed E-state index contributed by atoms with van der Waals surface area (Å²) in [4.78, 5) is 14.2. The highest BCUT2D eigenvalue weighted by Gasteiger charge is 2.42. The molecule has 1 aliphatic heterocycles. The van der Waals surface area contributed by atoms with Crippen molar-refractivity contribution in [3.63, 3.8) is 0 Å². The normalized spacial score (nSPS) is 24.9. The second kappa shape index (κ2) is 8.44. The minimum absolute atomic E-state index is 0.0205. The SMILES string of the molecule is O=C1N(Cc2cccc(F)c2F)CCC[C@]1(O)CNCC1CCCCC1. The van der Waals surface area contributed by atoms with Crippen molar-refractivity contribution >= 4 is 5.91 Å². The molecule has 2 N–H and O–H groups in total. The van der Waals surface area contributed by atoms with Gasteiger partial charge in [0, 0.05) is 25.2 Å². The van der Waals surface area contributed by atoms with Gasteiger partial charge in [-0.15, -0.1) is 0 Å². The smallest absolute Gasteiger partial charge is 0.256 e. The van der Waals surface area contributed by atoms with Crippen molar-refractivity contribution in [2.75, 3.05) is 19.6 Å². The molecule has 6 heteroatoms. The van der Waals surface area contributed by atoms with Crippen LogP contribution in [0.2, 0.25) is 0 Å². The van der Waals surface area contributed by atoms with E-state index in [2.05, 4.69) is 5.32 Å². The lowest BCUT2D eigenvalue weighted by Crippen LogP contribution is -2.58. The predicted molar refractivity (Wildman–Crippen MR) is 95.4 cm³/mol. The van der Waals surface area contributed by atoms with E-state index in [-0.39, 0.29) is 18.7 Å². The first-order chi connectivity index (χ1) is 12.5. The number of nitrogens with one attached hydrogen (secondary N) is 1. The van der Waals surface area contributed by atoms with E-state index >= 15 is 0 Å². The summed E-state index contributed by atoms with van der Waals surface area (Å²) in [7, 11) is 0. The van der Waals surface area contributed by atoms with Crippen molar-refractivity contribution in [3.05, 3.63) is 35.4 Å². The Morgan fingerprint density at radius 1 is 1.19 bits per heavy atom. The summed E-state index contributed by atoms with van der Waals surface area (Å²) in [5.41, 5.74) is -1.32. The van der Waals surface area contributed by atoms with Gasteiger partial charge in [-0.2, -0.15) is 0 Å². The molecule has 0 unspecified atom stereocenters. The van der Waals surface area contributed by atoms with Crippen LogP contribution in [0.1, 0.15) is 50.5 Å². The highest BCUT2D eigenvalue weighted by atomic mass is 19.2. The number of amides is 1. The topological polar surface area (TPSA) is 52.6 Å². The third-order valence-corrected chi connectivity index (χ3v) is 5.67. The van der Waals surface area contributed by atoms with E-state index in [1.165, 1.54) is 49.1 Å². The zero-order chi connectivity index (χ0) is 18.6. The third kappa shape index (κ3) is 4.41. The highest BCUT2D eigenvalue weighted by molar-refractivity contribution is 5.86. The lowest BCUT2D eigenvalue weighted by atomic mass is 9.88. The van der Waals surface area contributed by atoms with Crippen LogP contribution in [0.3, 0.4) is 0 Å². The monoisotopic (exact) mass is 366 g/mol. The molecule has 1 aromatic rings. The lowest BCUT2D eigenvalue weighted by Gasteiger charge is -2.38. The van der Waals surface area contributed by atoms with Crippen LogP contribution in [0.5, 0.6) is 0 Å². The van der Waals surface area contributed by atoms with Crippen molar-refractivity contribution in [1.82, 2.24) is 10.2 Å². The summed E-state index contributed by atoms with van der Waals surface area (Å²) in [6, 6.07) is 3.96. The summed E-state index contributed by atoms with van der Waals surface area (Å²) in [6.07, 6.45) is 7.24. The number of carbonyl (C=O) groups is 1. The summed E-state index contributed by atoms with van der Waals surface area (Å²) in [5, 5.41) is 14.1. The first kappa shape index (κ1) is 19.2. The minimum Gasteiger partial charge on any atom is -0.379 e. The number of nitrogens with zero attached hydrogens (tertiary/aromatic N) is 1. The van der Waals surface area contributed by atoms with Gasteiger partial charge in [0.2, 0.25) is 0 Å². The van der Waals surface area contributed by atoms with Crippen LogP contribution in [0.15, 0.2) is 18.2 Å². The van der Waals surface area contributed by atoms with E-state index in [0.29, 0.717) is 25.3 Å². The van der Waals surface area contributed by atoms with Crippen LogP contribution in [-0.2, 0) is 11.3 Å². The molecule has 3 rings (SSSR count). The average molecular weight is 366 g/mol. The fraction of sp³-hybridized carbons (Fsp3) is 0.650. The molecule has 1 atom stereocenters. The Morgan fingerprint density at radius 3 is 2.73 bits per heavy atom. The molecule has 144 valence electrons. The Balaban J connectivity index is 1.58. The van der Waals surface area contributed by atoms with Crippen molar-refractivity contribution in [1.29, 1.82) is 0 Å². The predicted octanol–water partition coefficient (Wildman–Crippen LogP) is 2.99. The fourth-order valence-electron chi connectivity index (χ4n) is 4.13. The molecule has 1 saturated heterocycles. The summed E-state index contributed by atoms with van der Waals surface area (Å²) >= 11 is 0. The van der Waals surface area contributed by atoms with Gasteiger partial charge in [0.1, 0.15) is 0 Å². The van der Waals surface area contributed by atoms with Gasteiger partial charge in [0.05, 0.1) is 0 Å². The first-order valence-corrected chi connectivity index (χ1v) is 9.65. The molecule has 1 saturated carbocycles. The molecular weight excluding hydrogens is 338 g/mol. The molecule has 1 amide bonds. The summed E-state index contributed by atoms with van der Waals surface area (Å²) in [6.45, 7) is 1.45. The third-order valence-electron chi connectivity index (χ3n) is 5.67. The van der Waals surface area contributed by atoms with Gasteiger partial charge in [-0.3, -0.25) is 4.79 Å². The number of hydrogen-bond donors (Lipinski definition) is 2. The lowest BCUT2D eigenvalue weighted by molar-refractivity contribution is -0.157. The van der Waals surface area contributed by atoms with Crippen molar-refractivity contribution in [2.24, 2.45) is 5.92 Å². The highest BCUT2D eigenvalue weighted by Crippen LogP contribution is 2.26. The molecule has 0 radical (unpaired) electrons. The fourth-order valence-corrected chi connectivity index (χ4v) is 4.13. The number of piperidine rings is 1. The largest absolute Gasteiger partial charge is 0.379 e. The van der Waals surface area contributed by atoms with Gasteiger partial charge in [0.25, 0.3) is 5.91 Å². The van der Waals surface area contributed by atoms with Crippen LogP contribution >= 0.6 is 0 Å². The zero-order valence-electron chi connectivity index (χ0n) is 15.1. The Bertz CT molecular complexity index is 634. The molecule has 2 fully saturated rings. The second-order valence-corrected chi connectivity index (χ2v) is 7.71. The number of benzene rings is 1. The molecule has 4 nitrogen and oxygen atoms in total. The van der Waals surface area contributed by atoms with Crippen LogP contribution in [0, 0.1) is 17.6 Å². The summed E-state index contributed by atoms with van der Waals surface area (Å²) in [5.74, 6) is -1.63. The van der Waals surface area contributed by atoms with Crippen molar-refractivity contribution < 1.29 is 18.7 Å². The molecule has 2 aliphatic rings. The van der Waals surface area contributed by atoms with E-state index in [9.17, 15) is 18.7 Å². The van der Waals surface area contributed by atoms with Gasteiger partial charge >= 0.3 is 0 Å². The van der Waals surface area contributed by atoms with Gasteiger partial charge in [-0.25, -0.2) is 8.78 Å². The maximum absolute atomic E-state index is 13.9. The first-order valence-electron chi connectivity index (χ1n) is 9.65. The number of likely N-dealkylation sites (tertiary alicyclic amines) is 1. The number of halogens is 2. The molecule has 0 aromatic heterocycles. The van der Waals surface area contributed by atoms with Gasteiger partial charge in [0.15, 0.2) is 17.2 Å². The summed E-state index contributed by atoms with van der Waals surface area (Å²) < 4.78 is 27.3. The Morgan fingerprint density at radius 2 is 1.96 bits per heavy atom. The Kier molecular flexibility index (Phi) is 6.24. The number of rotatable bonds is 6. The Labute approximate surface area is 153 Å². The van der Waals surface area contributed by atoms with E-state index in [0.717, 1.165) is 12.6 Å². The van der Waals surface area contributed by atoms with Crippen LogP contribution in [0.25, 0.3) is 0 Å². The van der Waals surface area contributed by atoms with E-state index in [4.69, 9.17) is 0 Å². The quantitative estimate of drug-likeness (QED) is 0.814. The van der Waals surface area contributed by atoms with Crippen LogP contribution in [-0.4, -0.2) is 41.1 Å². The molecule has 1 aromatic carbocycles. The van der Waals surface area contributed by atoms with Gasteiger partial charge in [-0.05, 0) is 44.2 Å². The number of carbonyl (C=O) groups excluding carboxylic acids is 1. The number of hydrogen-bond acceptors (Lipinski definition) is 3. The molecule has 1 aliphatic carbocycles. The van der Waals surface area contributed by atoms with E-state index in [1.54, 1.807) is 0 Å².